The smallest absolute Gasteiger partial charge is 0.286 e. The number of pyridine rings is 1. The third-order valence-electron chi connectivity index (χ3n) is 4.64. The van der Waals surface area contributed by atoms with Gasteiger partial charge in [0.25, 0.3) is 5.91 Å². The van der Waals surface area contributed by atoms with E-state index in [1.165, 1.54) is 0 Å². The molecule has 0 aliphatic carbocycles. The number of nitrogens with one attached hydrogen (secondary N) is 1. The number of aryl methyl sites for hydroxylation is 3. The van der Waals surface area contributed by atoms with Crippen LogP contribution < -0.4 is 5.32 Å². The van der Waals surface area contributed by atoms with Gasteiger partial charge in [-0.15, -0.1) is 0 Å². The predicted molar refractivity (Wildman–Crippen MR) is 103 cm³/mol. The maximum absolute atomic E-state index is 12.1. The van der Waals surface area contributed by atoms with Gasteiger partial charge in [0, 0.05) is 18.0 Å². The molecular formula is C21H19N3O3. The molecule has 4 rings (SSSR count). The van der Waals surface area contributed by atoms with Crippen LogP contribution in [0.5, 0.6) is 0 Å². The highest BCUT2D eigenvalue weighted by atomic mass is 16.5. The minimum Gasteiger partial charge on any atom is -0.449 e. The first-order valence-electron chi connectivity index (χ1n) is 8.65. The molecule has 3 aromatic heterocycles. The number of furan rings is 1. The van der Waals surface area contributed by atoms with E-state index in [0.29, 0.717) is 17.0 Å². The molecule has 0 radical (unpaired) electrons. The van der Waals surface area contributed by atoms with Gasteiger partial charge in [0.15, 0.2) is 11.3 Å². The maximum Gasteiger partial charge on any atom is 0.286 e. The number of amides is 1. The van der Waals surface area contributed by atoms with Crippen molar-refractivity contribution >= 4 is 16.9 Å². The van der Waals surface area contributed by atoms with Crippen LogP contribution in [0.4, 0.5) is 0 Å². The predicted octanol–water partition coefficient (Wildman–Crippen LogP) is 4.43. The Morgan fingerprint density at radius 3 is 2.56 bits per heavy atom. The second kappa shape index (κ2) is 6.39. The second-order valence-electron chi connectivity index (χ2n) is 6.48. The first-order chi connectivity index (χ1) is 13.0. The van der Waals surface area contributed by atoms with Crippen molar-refractivity contribution in [2.24, 2.45) is 0 Å². The average Bonchev–Trinajstić information content (AvgIpc) is 3.24. The number of benzene rings is 1. The zero-order valence-electron chi connectivity index (χ0n) is 15.6. The van der Waals surface area contributed by atoms with Crippen LogP contribution in [0, 0.1) is 20.8 Å². The topological polar surface area (TPSA) is 81.2 Å². The molecule has 6 nitrogen and oxygen atoms in total. The standard InChI is InChI=1S/C21H19N3O3/c1-11-7-5-6-8-15(11)19-20-14(10-17(26-20)21(25)22-4)9-16(23-19)18-12(2)24-27-13(18)3/h5-10H,1-4H3,(H,22,25). The minimum atomic E-state index is -0.277. The van der Waals surface area contributed by atoms with E-state index in [4.69, 9.17) is 13.9 Å². The fourth-order valence-electron chi connectivity index (χ4n) is 3.28. The lowest BCUT2D eigenvalue weighted by Gasteiger charge is -2.08. The molecule has 0 saturated carbocycles. The van der Waals surface area contributed by atoms with Crippen molar-refractivity contribution in [3.8, 4) is 22.5 Å². The molecule has 1 aromatic carbocycles. The largest absolute Gasteiger partial charge is 0.449 e. The Labute approximate surface area is 156 Å². The first kappa shape index (κ1) is 17.0. The lowest BCUT2D eigenvalue weighted by Crippen LogP contribution is -2.16. The highest BCUT2D eigenvalue weighted by molar-refractivity contribution is 6.00. The molecule has 3 heterocycles. The number of aromatic nitrogens is 2. The summed E-state index contributed by atoms with van der Waals surface area (Å²) in [6, 6.07) is 11.6. The number of hydrogen-bond acceptors (Lipinski definition) is 5. The quantitative estimate of drug-likeness (QED) is 0.584. The Kier molecular flexibility index (Phi) is 4.03. The van der Waals surface area contributed by atoms with Crippen LogP contribution in [0.3, 0.4) is 0 Å². The van der Waals surface area contributed by atoms with Gasteiger partial charge >= 0.3 is 0 Å². The van der Waals surface area contributed by atoms with Crippen LogP contribution in [0.1, 0.15) is 27.6 Å². The van der Waals surface area contributed by atoms with Gasteiger partial charge in [-0.3, -0.25) is 4.79 Å². The lowest BCUT2D eigenvalue weighted by molar-refractivity contribution is 0.0938. The zero-order valence-corrected chi connectivity index (χ0v) is 15.6. The number of carbonyl (C=O) groups excluding carboxylic acids is 1. The van der Waals surface area contributed by atoms with E-state index in [1.807, 2.05) is 51.1 Å². The fraction of sp³-hybridized carbons (Fsp3) is 0.190. The van der Waals surface area contributed by atoms with E-state index in [2.05, 4.69) is 10.5 Å². The fourth-order valence-corrected chi connectivity index (χ4v) is 3.28. The Hall–Kier alpha value is -3.41. The summed E-state index contributed by atoms with van der Waals surface area (Å²) in [6.45, 7) is 5.77. The number of nitrogens with zero attached hydrogens (tertiary/aromatic N) is 2. The van der Waals surface area contributed by atoms with Gasteiger partial charge < -0.3 is 14.3 Å². The summed E-state index contributed by atoms with van der Waals surface area (Å²) in [4.78, 5) is 16.9. The van der Waals surface area contributed by atoms with E-state index in [0.717, 1.165) is 33.5 Å². The van der Waals surface area contributed by atoms with Crippen LogP contribution in [-0.4, -0.2) is 23.1 Å². The van der Waals surface area contributed by atoms with E-state index >= 15 is 0 Å². The van der Waals surface area contributed by atoms with Crippen molar-refractivity contribution in [1.29, 1.82) is 0 Å². The molecule has 6 heteroatoms. The van der Waals surface area contributed by atoms with Crippen LogP contribution in [0.15, 0.2) is 45.3 Å². The minimum absolute atomic E-state index is 0.250. The van der Waals surface area contributed by atoms with Crippen LogP contribution >= 0.6 is 0 Å². The average molecular weight is 361 g/mol. The Bertz CT molecular complexity index is 1150. The molecule has 1 amide bonds. The van der Waals surface area contributed by atoms with Gasteiger partial charge in [-0.2, -0.15) is 0 Å². The van der Waals surface area contributed by atoms with Crippen molar-refractivity contribution < 1.29 is 13.7 Å². The highest BCUT2D eigenvalue weighted by Gasteiger charge is 2.21. The second-order valence-corrected chi connectivity index (χ2v) is 6.48. The van der Waals surface area contributed by atoms with Gasteiger partial charge in [0.1, 0.15) is 11.5 Å². The van der Waals surface area contributed by atoms with E-state index < -0.39 is 0 Å². The molecule has 1 N–H and O–H groups in total. The summed E-state index contributed by atoms with van der Waals surface area (Å²) in [5.41, 5.74) is 5.66. The van der Waals surface area contributed by atoms with Crippen molar-refractivity contribution in [3.05, 3.63) is 59.2 Å². The molecule has 0 fully saturated rings. The van der Waals surface area contributed by atoms with Gasteiger partial charge in [-0.1, -0.05) is 29.4 Å². The molecule has 0 aliphatic rings. The third-order valence-corrected chi connectivity index (χ3v) is 4.64. The summed E-state index contributed by atoms with van der Waals surface area (Å²) in [6.07, 6.45) is 0. The van der Waals surface area contributed by atoms with Gasteiger partial charge in [-0.25, -0.2) is 4.98 Å². The van der Waals surface area contributed by atoms with Crippen LogP contribution in [0.25, 0.3) is 33.5 Å². The van der Waals surface area contributed by atoms with Gasteiger partial charge in [0.05, 0.1) is 17.0 Å². The molecule has 0 bridgehead atoms. The van der Waals surface area contributed by atoms with Crippen molar-refractivity contribution in [1.82, 2.24) is 15.5 Å². The summed E-state index contributed by atoms with van der Waals surface area (Å²) in [7, 11) is 1.57. The summed E-state index contributed by atoms with van der Waals surface area (Å²) in [5, 5.41) is 7.43. The number of fused-ring (bicyclic) bond motifs is 1. The third kappa shape index (κ3) is 2.79. The summed E-state index contributed by atoms with van der Waals surface area (Å²) < 4.78 is 11.2. The van der Waals surface area contributed by atoms with E-state index in [9.17, 15) is 4.79 Å². The summed E-state index contributed by atoms with van der Waals surface area (Å²) in [5.74, 6) is 0.672. The van der Waals surface area contributed by atoms with Crippen LogP contribution in [0.2, 0.25) is 0 Å². The monoisotopic (exact) mass is 361 g/mol. The SMILES string of the molecule is CNC(=O)c1cc2cc(-c3c(C)noc3C)nc(-c3ccccc3C)c2o1. The zero-order chi connectivity index (χ0) is 19.1. The van der Waals surface area contributed by atoms with Crippen molar-refractivity contribution in [3.63, 3.8) is 0 Å². The molecule has 4 aromatic rings. The Morgan fingerprint density at radius 2 is 1.89 bits per heavy atom. The molecule has 0 atom stereocenters. The molecular weight excluding hydrogens is 342 g/mol. The van der Waals surface area contributed by atoms with Gasteiger partial charge in [-0.05, 0) is 38.5 Å². The number of carbonyl (C=O) groups is 1. The molecule has 0 aliphatic heterocycles. The van der Waals surface area contributed by atoms with Crippen molar-refractivity contribution in [2.45, 2.75) is 20.8 Å². The molecule has 0 saturated heterocycles. The molecule has 27 heavy (non-hydrogen) atoms. The van der Waals surface area contributed by atoms with Crippen molar-refractivity contribution in [2.75, 3.05) is 7.05 Å². The van der Waals surface area contributed by atoms with E-state index in [1.54, 1.807) is 13.1 Å². The highest BCUT2D eigenvalue weighted by Crippen LogP contribution is 2.36. The van der Waals surface area contributed by atoms with Crippen LogP contribution in [-0.2, 0) is 0 Å². The Morgan fingerprint density at radius 1 is 1.11 bits per heavy atom. The van der Waals surface area contributed by atoms with Gasteiger partial charge in [0.2, 0.25) is 0 Å². The number of hydrogen-bond donors (Lipinski definition) is 1. The molecule has 0 unspecified atom stereocenters. The van der Waals surface area contributed by atoms with E-state index in [-0.39, 0.29) is 11.7 Å². The summed E-state index contributed by atoms with van der Waals surface area (Å²) >= 11 is 0. The maximum atomic E-state index is 12.1. The molecule has 0 spiro atoms. The lowest BCUT2D eigenvalue weighted by atomic mass is 10.0. The Balaban J connectivity index is 2.05. The first-order valence-corrected chi connectivity index (χ1v) is 8.65. The molecule has 136 valence electrons. The number of rotatable bonds is 3. The normalized spacial score (nSPS) is 11.1.